The highest BCUT2D eigenvalue weighted by atomic mass is 16.5. The van der Waals surface area contributed by atoms with Gasteiger partial charge < -0.3 is 20.5 Å². The molecule has 0 aromatic heterocycles. The van der Waals surface area contributed by atoms with Gasteiger partial charge >= 0.3 is 0 Å². The first-order valence-corrected chi connectivity index (χ1v) is 8.75. The zero-order chi connectivity index (χ0) is 16.8. The number of carbonyl (C=O) groups excluding carboxylic acids is 1. The van der Waals surface area contributed by atoms with E-state index in [4.69, 9.17) is 15.2 Å². The van der Waals surface area contributed by atoms with Crippen LogP contribution < -0.4 is 11.1 Å². The Balaban J connectivity index is 1.50. The number of nitrogens with one attached hydrogen (secondary N) is 1. The van der Waals surface area contributed by atoms with E-state index in [9.17, 15) is 4.79 Å². The predicted octanol–water partition coefficient (Wildman–Crippen LogP) is 1.21. The van der Waals surface area contributed by atoms with Gasteiger partial charge in [0.1, 0.15) is 0 Å². The Morgan fingerprint density at radius 2 is 1.75 bits per heavy atom. The first-order valence-electron chi connectivity index (χ1n) is 8.75. The van der Waals surface area contributed by atoms with Crippen molar-refractivity contribution in [1.29, 1.82) is 0 Å². The van der Waals surface area contributed by atoms with Gasteiger partial charge in [-0.2, -0.15) is 0 Å². The monoisotopic (exact) mass is 333 g/mol. The van der Waals surface area contributed by atoms with Gasteiger partial charge in [-0.05, 0) is 36.5 Å². The van der Waals surface area contributed by atoms with Gasteiger partial charge in [-0.3, -0.25) is 9.69 Å². The van der Waals surface area contributed by atoms with E-state index in [2.05, 4.69) is 22.3 Å². The molecule has 2 heterocycles. The summed E-state index contributed by atoms with van der Waals surface area (Å²) < 4.78 is 10.7. The van der Waals surface area contributed by atoms with Crippen LogP contribution in [0.5, 0.6) is 0 Å². The van der Waals surface area contributed by atoms with Gasteiger partial charge in [0.15, 0.2) is 0 Å². The van der Waals surface area contributed by atoms with Crippen LogP contribution in [0.2, 0.25) is 0 Å². The summed E-state index contributed by atoms with van der Waals surface area (Å²) in [5.41, 5.74) is 8.15. The third-order valence-corrected chi connectivity index (χ3v) is 4.81. The molecule has 2 fully saturated rings. The van der Waals surface area contributed by atoms with Crippen LogP contribution in [0.25, 0.3) is 0 Å². The molecular formula is C18H27N3O3. The molecule has 0 bridgehead atoms. The first-order chi connectivity index (χ1) is 11.7. The minimum absolute atomic E-state index is 0.108. The molecule has 6 heteroatoms. The lowest BCUT2D eigenvalue weighted by molar-refractivity contribution is -0.119. The number of rotatable bonds is 5. The predicted molar refractivity (Wildman–Crippen MR) is 92.7 cm³/mol. The second-order valence-electron chi connectivity index (χ2n) is 6.55. The quantitative estimate of drug-likeness (QED) is 0.847. The topological polar surface area (TPSA) is 76.8 Å². The molecule has 2 aliphatic rings. The summed E-state index contributed by atoms with van der Waals surface area (Å²) in [5.74, 6) is 0.0992. The SMILES string of the molecule is NC(C(=O)Nc1ccc(CN2CCOCC2)cc1)C1CCOCC1. The summed E-state index contributed by atoms with van der Waals surface area (Å²) in [4.78, 5) is 14.7. The van der Waals surface area contributed by atoms with Gasteiger partial charge in [0.05, 0.1) is 19.3 Å². The fraction of sp³-hybridized carbons (Fsp3) is 0.611. The van der Waals surface area contributed by atoms with Crippen LogP contribution in [0.3, 0.4) is 0 Å². The first kappa shape index (κ1) is 17.4. The minimum Gasteiger partial charge on any atom is -0.381 e. The molecule has 0 aliphatic carbocycles. The van der Waals surface area contributed by atoms with E-state index in [1.807, 2.05) is 12.1 Å². The molecule has 2 aliphatic heterocycles. The van der Waals surface area contributed by atoms with Gasteiger partial charge in [0.2, 0.25) is 5.91 Å². The van der Waals surface area contributed by atoms with E-state index in [1.165, 1.54) is 5.56 Å². The van der Waals surface area contributed by atoms with E-state index in [0.717, 1.165) is 51.4 Å². The molecule has 3 rings (SSSR count). The molecule has 6 nitrogen and oxygen atoms in total. The van der Waals surface area contributed by atoms with Crippen molar-refractivity contribution in [3.63, 3.8) is 0 Å². The molecule has 0 spiro atoms. The third kappa shape index (κ3) is 4.77. The maximum absolute atomic E-state index is 12.3. The van der Waals surface area contributed by atoms with Crippen LogP contribution in [0, 0.1) is 5.92 Å². The number of carbonyl (C=O) groups is 1. The summed E-state index contributed by atoms with van der Waals surface area (Å²) in [5, 5.41) is 2.93. The molecule has 1 aromatic carbocycles. The van der Waals surface area contributed by atoms with Crippen molar-refractivity contribution in [3.8, 4) is 0 Å². The normalized spacial score (nSPS) is 21.4. The standard InChI is InChI=1S/C18H27N3O3/c19-17(15-5-9-23-10-6-15)18(22)20-16-3-1-14(2-4-16)13-21-7-11-24-12-8-21/h1-4,15,17H,5-13,19H2,(H,20,22). The summed E-state index contributed by atoms with van der Waals surface area (Å²) in [6, 6.07) is 7.55. The van der Waals surface area contributed by atoms with Crippen LogP contribution in [-0.4, -0.2) is 56.4 Å². The van der Waals surface area contributed by atoms with Gasteiger partial charge in [0, 0.05) is 38.5 Å². The van der Waals surface area contributed by atoms with Crippen molar-refractivity contribution in [1.82, 2.24) is 4.90 Å². The van der Waals surface area contributed by atoms with Crippen molar-refractivity contribution >= 4 is 11.6 Å². The molecule has 24 heavy (non-hydrogen) atoms. The fourth-order valence-corrected chi connectivity index (χ4v) is 3.23. The zero-order valence-corrected chi connectivity index (χ0v) is 14.1. The Morgan fingerprint density at radius 3 is 2.42 bits per heavy atom. The minimum atomic E-state index is -0.470. The lowest BCUT2D eigenvalue weighted by atomic mass is 9.92. The average Bonchev–Trinajstić information content (AvgIpc) is 2.64. The molecule has 1 amide bonds. The summed E-state index contributed by atoms with van der Waals surface area (Å²) in [6.07, 6.45) is 1.71. The number of hydrogen-bond donors (Lipinski definition) is 2. The van der Waals surface area contributed by atoms with Crippen molar-refractivity contribution in [2.45, 2.75) is 25.4 Å². The largest absolute Gasteiger partial charge is 0.381 e. The lowest BCUT2D eigenvalue weighted by Gasteiger charge is -2.27. The van der Waals surface area contributed by atoms with Crippen LogP contribution in [0.15, 0.2) is 24.3 Å². The van der Waals surface area contributed by atoms with Crippen molar-refractivity contribution in [3.05, 3.63) is 29.8 Å². The third-order valence-electron chi connectivity index (χ3n) is 4.81. The Bertz CT molecular complexity index is 523. The highest BCUT2D eigenvalue weighted by molar-refractivity contribution is 5.94. The van der Waals surface area contributed by atoms with E-state index in [1.54, 1.807) is 0 Å². The number of ether oxygens (including phenoxy) is 2. The molecule has 1 unspecified atom stereocenters. The number of amides is 1. The van der Waals surface area contributed by atoms with E-state index in [0.29, 0.717) is 13.2 Å². The molecule has 132 valence electrons. The molecule has 0 radical (unpaired) electrons. The Hall–Kier alpha value is -1.47. The fourth-order valence-electron chi connectivity index (χ4n) is 3.23. The highest BCUT2D eigenvalue weighted by Gasteiger charge is 2.26. The lowest BCUT2D eigenvalue weighted by Crippen LogP contribution is -2.44. The van der Waals surface area contributed by atoms with Crippen LogP contribution >= 0.6 is 0 Å². The molecule has 1 aromatic rings. The van der Waals surface area contributed by atoms with Gasteiger partial charge in [-0.25, -0.2) is 0 Å². The van der Waals surface area contributed by atoms with Crippen LogP contribution in [-0.2, 0) is 20.8 Å². The molecule has 1 atom stereocenters. The molecular weight excluding hydrogens is 306 g/mol. The summed E-state index contributed by atoms with van der Waals surface area (Å²) >= 11 is 0. The van der Waals surface area contributed by atoms with Crippen LogP contribution in [0.1, 0.15) is 18.4 Å². The number of anilines is 1. The Kier molecular flexibility index (Phi) is 6.20. The smallest absolute Gasteiger partial charge is 0.241 e. The van der Waals surface area contributed by atoms with Gasteiger partial charge in [0.25, 0.3) is 0 Å². The highest BCUT2D eigenvalue weighted by Crippen LogP contribution is 2.19. The second-order valence-corrected chi connectivity index (χ2v) is 6.55. The second kappa shape index (κ2) is 8.58. The Morgan fingerprint density at radius 1 is 1.12 bits per heavy atom. The van der Waals surface area contributed by atoms with E-state index in [-0.39, 0.29) is 11.8 Å². The van der Waals surface area contributed by atoms with Crippen LogP contribution in [0.4, 0.5) is 5.69 Å². The molecule has 0 saturated carbocycles. The van der Waals surface area contributed by atoms with E-state index < -0.39 is 6.04 Å². The van der Waals surface area contributed by atoms with Gasteiger partial charge in [-0.1, -0.05) is 12.1 Å². The van der Waals surface area contributed by atoms with Crippen molar-refractivity contribution in [2.24, 2.45) is 11.7 Å². The van der Waals surface area contributed by atoms with Crippen molar-refractivity contribution < 1.29 is 14.3 Å². The maximum atomic E-state index is 12.3. The number of morpholine rings is 1. The van der Waals surface area contributed by atoms with E-state index >= 15 is 0 Å². The number of nitrogens with two attached hydrogens (primary N) is 1. The maximum Gasteiger partial charge on any atom is 0.241 e. The zero-order valence-electron chi connectivity index (χ0n) is 14.1. The Labute approximate surface area is 143 Å². The number of nitrogens with zero attached hydrogens (tertiary/aromatic N) is 1. The summed E-state index contributed by atoms with van der Waals surface area (Å²) in [6.45, 7) is 5.86. The number of hydrogen-bond acceptors (Lipinski definition) is 5. The number of benzene rings is 1. The summed E-state index contributed by atoms with van der Waals surface area (Å²) in [7, 11) is 0. The average molecular weight is 333 g/mol. The van der Waals surface area contributed by atoms with Gasteiger partial charge in [-0.15, -0.1) is 0 Å². The molecule has 3 N–H and O–H groups in total. The van der Waals surface area contributed by atoms with Crippen molar-refractivity contribution in [2.75, 3.05) is 44.8 Å². The molecule has 2 saturated heterocycles.